The molecule has 0 aliphatic carbocycles. The standard InChI is InChI=1S/C12H14F3N5/c1-8(2)16-6-11-18-7-19-20(11)10-4-3-9(5-17-10)12(13,14)15/h3-5,7-8,16H,6H2,1-2H3. The summed E-state index contributed by atoms with van der Waals surface area (Å²) in [6.45, 7) is 4.43. The van der Waals surface area contributed by atoms with Gasteiger partial charge in [-0.15, -0.1) is 0 Å². The molecule has 0 spiro atoms. The summed E-state index contributed by atoms with van der Waals surface area (Å²) in [5, 5.41) is 7.14. The summed E-state index contributed by atoms with van der Waals surface area (Å²) < 4.78 is 38.8. The van der Waals surface area contributed by atoms with E-state index in [1.54, 1.807) is 0 Å². The van der Waals surface area contributed by atoms with Gasteiger partial charge in [0.1, 0.15) is 12.2 Å². The summed E-state index contributed by atoms with van der Waals surface area (Å²) in [5.74, 6) is 0.891. The molecule has 0 saturated heterocycles. The van der Waals surface area contributed by atoms with Crippen LogP contribution in [-0.4, -0.2) is 25.8 Å². The number of aromatic nitrogens is 4. The highest BCUT2D eigenvalue weighted by Gasteiger charge is 2.30. The van der Waals surface area contributed by atoms with Gasteiger partial charge in [-0.3, -0.25) is 0 Å². The lowest BCUT2D eigenvalue weighted by atomic mass is 10.3. The molecule has 20 heavy (non-hydrogen) atoms. The SMILES string of the molecule is CC(C)NCc1ncnn1-c1ccc(C(F)(F)F)cn1. The Morgan fingerprint density at radius 3 is 2.55 bits per heavy atom. The van der Waals surface area contributed by atoms with E-state index in [1.807, 2.05) is 13.8 Å². The molecule has 0 atom stereocenters. The molecule has 2 aromatic heterocycles. The summed E-state index contributed by atoms with van der Waals surface area (Å²) in [4.78, 5) is 7.85. The van der Waals surface area contributed by atoms with Gasteiger partial charge in [0.05, 0.1) is 12.1 Å². The highest BCUT2D eigenvalue weighted by atomic mass is 19.4. The normalized spacial score (nSPS) is 12.1. The van der Waals surface area contributed by atoms with Gasteiger partial charge in [-0.2, -0.15) is 23.0 Å². The second-order valence-corrected chi connectivity index (χ2v) is 4.53. The van der Waals surface area contributed by atoms with Crippen LogP contribution in [0.1, 0.15) is 25.2 Å². The minimum Gasteiger partial charge on any atom is -0.308 e. The average Bonchev–Trinajstić information content (AvgIpc) is 2.83. The van der Waals surface area contributed by atoms with Crippen LogP contribution in [0.25, 0.3) is 5.82 Å². The van der Waals surface area contributed by atoms with Gasteiger partial charge in [0.2, 0.25) is 0 Å². The van der Waals surface area contributed by atoms with E-state index in [0.717, 1.165) is 12.3 Å². The van der Waals surface area contributed by atoms with Crippen LogP contribution in [0.5, 0.6) is 0 Å². The molecule has 0 aliphatic heterocycles. The number of pyridine rings is 1. The maximum atomic E-state index is 12.5. The quantitative estimate of drug-likeness (QED) is 0.935. The molecule has 2 rings (SSSR count). The predicted molar refractivity (Wildman–Crippen MR) is 66.1 cm³/mol. The Morgan fingerprint density at radius 2 is 2.00 bits per heavy atom. The number of rotatable bonds is 4. The lowest BCUT2D eigenvalue weighted by Crippen LogP contribution is -2.24. The molecule has 0 unspecified atom stereocenters. The van der Waals surface area contributed by atoms with E-state index >= 15 is 0 Å². The molecule has 0 radical (unpaired) electrons. The van der Waals surface area contributed by atoms with Gasteiger partial charge in [0.25, 0.3) is 0 Å². The molecule has 2 heterocycles. The molecule has 0 fully saturated rings. The minimum absolute atomic E-state index is 0.265. The Bertz CT molecular complexity index is 559. The van der Waals surface area contributed by atoms with Crippen molar-refractivity contribution in [3.63, 3.8) is 0 Å². The number of alkyl halides is 3. The lowest BCUT2D eigenvalue weighted by molar-refractivity contribution is -0.137. The summed E-state index contributed by atoms with van der Waals surface area (Å²) >= 11 is 0. The third-order valence-corrected chi connectivity index (χ3v) is 2.58. The molecule has 0 saturated carbocycles. The maximum absolute atomic E-state index is 12.5. The van der Waals surface area contributed by atoms with E-state index < -0.39 is 11.7 Å². The summed E-state index contributed by atoms with van der Waals surface area (Å²) in [6.07, 6.45) is -2.26. The van der Waals surface area contributed by atoms with Gasteiger partial charge in [-0.25, -0.2) is 9.97 Å². The zero-order chi connectivity index (χ0) is 14.8. The highest BCUT2D eigenvalue weighted by molar-refractivity contribution is 5.26. The number of nitrogens with one attached hydrogen (secondary N) is 1. The van der Waals surface area contributed by atoms with Gasteiger partial charge in [-0.1, -0.05) is 13.8 Å². The molecule has 108 valence electrons. The first-order valence-corrected chi connectivity index (χ1v) is 6.04. The number of halogens is 3. The summed E-state index contributed by atoms with van der Waals surface area (Å²) in [5.41, 5.74) is -0.789. The number of nitrogens with zero attached hydrogens (tertiary/aromatic N) is 4. The number of hydrogen-bond donors (Lipinski definition) is 1. The Hall–Kier alpha value is -1.96. The fourth-order valence-electron chi connectivity index (χ4n) is 1.55. The van der Waals surface area contributed by atoms with Crippen LogP contribution in [0.3, 0.4) is 0 Å². The number of hydrogen-bond acceptors (Lipinski definition) is 4. The molecule has 8 heteroatoms. The van der Waals surface area contributed by atoms with Crippen molar-refractivity contribution < 1.29 is 13.2 Å². The van der Waals surface area contributed by atoms with E-state index in [9.17, 15) is 13.2 Å². The Morgan fingerprint density at radius 1 is 1.25 bits per heavy atom. The molecular formula is C12H14F3N5. The van der Waals surface area contributed by atoms with Gasteiger partial charge in [0, 0.05) is 12.2 Å². The maximum Gasteiger partial charge on any atom is 0.417 e. The molecule has 2 aromatic rings. The smallest absolute Gasteiger partial charge is 0.308 e. The Kier molecular flexibility index (Phi) is 4.03. The van der Waals surface area contributed by atoms with Crippen molar-refractivity contribution in [3.8, 4) is 5.82 Å². The van der Waals surface area contributed by atoms with E-state index in [4.69, 9.17) is 0 Å². The Balaban J connectivity index is 2.22. The van der Waals surface area contributed by atoms with Gasteiger partial charge in [0.15, 0.2) is 5.82 Å². The first kappa shape index (κ1) is 14.4. The van der Waals surface area contributed by atoms with Crippen LogP contribution in [0.2, 0.25) is 0 Å². The fourth-order valence-corrected chi connectivity index (χ4v) is 1.55. The van der Waals surface area contributed by atoms with Crippen LogP contribution >= 0.6 is 0 Å². The third kappa shape index (κ3) is 3.32. The van der Waals surface area contributed by atoms with Crippen LogP contribution in [0, 0.1) is 0 Å². The lowest BCUT2D eigenvalue weighted by Gasteiger charge is -2.10. The van der Waals surface area contributed by atoms with Crippen LogP contribution in [0.4, 0.5) is 13.2 Å². The molecule has 0 aliphatic rings. The van der Waals surface area contributed by atoms with Crippen molar-refractivity contribution in [2.24, 2.45) is 0 Å². The molecule has 5 nitrogen and oxygen atoms in total. The largest absolute Gasteiger partial charge is 0.417 e. The molecule has 0 amide bonds. The van der Waals surface area contributed by atoms with Crippen molar-refractivity contribution in [1.29, 1.82) is 0 Å². The van der Waals surface area contributed by atoms with Crippen LogP contribution in [0.15, 0.2) is 24.7 Å². The molecule has 0 bridgehead atoms. The van der Waals surface area contributed by atoms with Crippen molar-refractivity contribution in [3.05, 3.63) is 36.0 Å². The fraction of sp³-hybridized carbons (Fsp3) is 0.417. The van der Waals surface area contributed by atoms with Crippen LogP contribution in [-0.2, 0) is 12.7 Å². The second kappa shape index (κ2) is 5.58. The van der Waals surface area contributed by atoms with Crippen LogP contribution < -0.4 is 5.32 Å². The third-order valence-electron chi connectivity index (χ3n) is 2.58. The monoisotopic (exact) mass is 285 g/mol. The van der Waals surface area contributed by atoms with Gasteiger partial charge >= 0.3 is 6.18 Å². The molecule has 1 N–H and O–H groups in total. The van der Waals surface area contributed by atoms with Crippen molar-refractivity contribution in [1.82, 2.24) is 25.1 Å². The topological polar surface area (TPSA) is 55.6 Å². The summed E-state index contributed by atoms with van der Waals surface area (Å²) in [6, 6.07) is 2.51. The van der Waals surface area contributed by atoms with Crippen molar-refractivity contribution in [2.75, 3.05) is 0 Å². The predicted octanol–water partition coefficient (Wildman–Crippen LogP) is 2.18. The first-order valence-electron chi connectivity index (χ1n) is 6.04. The highest BCUT2D eigenvalue weighted by Crippen LogP contribution is 2.28. The van der Waals surface area contributed by atoms with Crippen molar-refractivity contribution >= 4 is 0 Å². The zero-order valence-electron chi connectivity index (χ0n) is 11.0. The molecular weight excluding hydrogens is 271 g/mol. The van der Waals surface area contributed by atoms with E-state index in [1.165, 1.54) is 17.1 Å². The van der Waals surface area contributed by atoms with Gasteiger partial charge < -0.3 is 5.32 Å². The average molecular weight is 285 g/mol. The van der Waals surface area contributed by atoms with Crippen molar-refractivity contribution in [2.45, 2.75) is 32.6 Å². The van der Waals surface area contributed by atoms with E-state index in [-0.39, 0.29) is 6.04 Å². The second-order valence-electron chi connectivity index (χ2n) is 4.53. The Labute approximate surface area is 113 Å². The summed E-state index contributed by atoms with van der Waals surface area (Å²) in [7, 11) is 0. The zero-order valence-corrected chi connectivity index (χ0v) is 11.0. The van der Waals surface area contributed by atoms with E-state index in [0.29, 0.717) is 18.2 Å². The molecule has 0 aromatic carbocycles. The first-order chi connectivity index (χ1) is 9.38. The van der Waals surface area contributed by atoms with Gasteiger partial charge in [-0.05, 0) is 12.1 Å². The van der Waals surface area contributed by atoms with E-state index in [2.05, 4.69) is 20.4 Å². The minimum atomic E-state index is -4.39.